The number of hydrogen-bond acceptors (Lipinski definition) is 3. The summed E-state index contributed by atoms with van der Waals surface area (Å²) in [6.45, 7) is 3.27. The number of methoxy groups -OCH3 is 1. The molecule has 1 unspecified atom stereocenters. The van der Waals surface area contributed by atoms with Crippen LogP contribution < -0.4 is 15.4 Å². The summed E-state index contributed by atoms with van der Waals surface area (Å²) in [5.74, 6) is -2.72. The number of carbonyl (C=O) groups excluding carboxylic acids is 2. The zero-order valence-electron chi connectivity index (χ0n) is 14.7. The average Bonchev–Trinajstić information content (AvgIpc) is 2.57. The summed E-state index contributed by atoms with van der Waals surface area (Å²) in [4.78, 5) is 23.7. The zero-order chi connectivity index (χ0) is 19.3. The lowest BCUT2D eigenvalue weighted by atomic mass is 10.0. The predicted octanol–water partition coefficient (Wildman–Crippen LogP) is 3.49. The van der Waals surface area contributed by atoms with E-state index < -0.39 is 23.6 Å². The van der Waals surface area contributed by atoms with Gasteiger partial charge < -0.3 is 15.4 Å². The van der Waals surface area contributed by atoms with E-state index in [4.69, 9.17) is 0 Å². The molecule has 2 amide bonds. The summed E-state index contributed by atoms with van der Waals surface area (Å²) < 4.78 is 32.4. The summed E-state index contributed by atoms with van der Waals surface area (Å²) in [5.41, 5.74) is 1.48. The molecule has 0 heterocycles. The normalized spacial score (nSPS) is 11.6. The van der Waals surface area contributed by atoms with Crippen LogP contribution in [0.1, 0.15) is 30.5 Å². The monoisotopic (exact) mass is 362 g/mol. The minimum absolute atomic E-state index is 0.129. The van der Waals surface area contributed by atoms with Crippen molar-refractivity contribution in [3.05, 3.63) is 59.2 Å². The van der Waals surface area contributed by atoms with E-state index in [0.29, 0.717) is 0 Å². The Hall–Kier alpha value is -2.96. The molecule has 0 fully saturated rings. The van der Waals surface area contributed by atoms with Gasteiger partial charge in [0, 0.05) is 19.1 Å². The van der Waals surface area contributed by atoms with Gasteiger partial charge >= 0.3 is 0 Å². The number of carbonyl (C=O) groups is 2. The molecular formula is C19H20F2N2O3. The lowest BCUT2D eigenvalue weighted by Crippen LogP contribution is -2.30. The molecule has 2 rings (SSSR count). The summed E-state index contributed by atoms with van der Waals surface area (Å²) in [7, 11) is 1.22. The highest BCUT2D eigenvalue weighted by Gasteiger charge is 2.19. The van der Waals surface area contributed by atoms with Crippen LogP contribution in [0, 0.1) is 18.6 Å². The quantitative estimate of drug-likeness (QED) is 0.827. The molecule has 0 bridgehead atoms. The van der Waals surface area contributed by atoms with Gasteiger partial charge in [-0.3, -0.25) is 9.59 Å². The molecule has 138 valence electrons. The van der Waals surface area contributed by atoms with E-state index >= 15 is 0 Å². The summed E-state index contributed by atoms with van der Waals surface area (Å²) >= 11 is 0. The highest BCUT2D eigenvalue weighted by Crippen LogP contribution is 2.25. The molecule has 0 radical (unpaired) electrons. The van der Waals surface area contributed by atoms with E-state index in [-0.39, 0.29) is 23.8 Å². The van der Waals surface area contributed by atoms with Crippen LogP contribution in [0.2, 0.25) is 0 Å². The highest BCUT2D eigenvalue weighted by atomic mass is 19.1. The minimum atomic E-state index is -0.817. The number of anilines is 1. The van der Waals surface area contributed by atoms with Crippen LogP contribution in [0.4, 0.5) is 14.5 Å². The molecule has 7 heteroatoms. The van der Waals surface area contributed by atoms with Crippen molar-refractivity contribution >= 4 is 17.5 Å². The van der Waals surface area contributed by atoms with Crippen LogP contribution in [0.5, 0.6) is 5.75 Å². The van der Waals surface area contributed by atoms with E-state index in [9.17, 15) is 18.4 Å². The lowest BCUT2D eigenvalue weighted by molar-refractivity contribution is -0.120. The van der Waals surface area contributed by atoms with Crippen LogP contribution in [-0.2, 0) is 9.59 Å². The minimum Gasteiger partial charge on any atom is -0.494 e. The molecule has 2 aromatic rings. The Kier molecular flexibility index (Phi) is 6.27. The molecule has 2 N–H and O–H groups in total. The van der Waals surface area contributed by atoms with Crippen molar-refractivity contribution in [2.45, 2.75) is 26.3 Å². The van der Waals surface area contributed by atoms with Gasteiger partial charge in [0.1, 0.15) is 0 Å². The molecule has 0 saturated heterocycles. The van der Waals surface area contributed by atoms with Crippen LogP contribution >= 0.6 is 0 Å². The molecule has 1 atom stereocenters. The average molecular weight is 362 g/mol. The smallest absolute Gasteiger partial charge is 0.226 e. The van der Waals surface area contributed by atoms with Crippen molar-refractivity contribution in [1.82, 2.24) is 5.32 Å². The molecule has 0 aliphatic heterocycles. The van der Waals surface area contributed by atoms with Crippen LogP contribution in [-0.4, -0.2) is 18.9 Å². The fraction of sp³-hybridized carbons (Fsp3) is 0.263. The second kappa shape index (κ2) is 8.42. The second-order valence-corrected chi connectivity index (χ2v) is 5.88. The van der Waals surface area contributed by atoms with E-state index in [0.717, 1.165) is 23.3 Å². The standard InChI is InChI=1S/C19H20F2N2O3/c1-11-4-6-13(7-5-11)16(22-12(2)24)10-19(25)23-17-8-15(21)18(26-3)9-14(17)20/h4-9,16H,10H2,1-3H3,(H,22,24)(H,23,25). The van der Waals surface area contributed by atoms with E-state index in [1.165, 1.54) is 14.0 Å². The molecule has 5 nitrogen and oxygen atoms in total. The Morgan fingerprint density at radius 2 is 1.77 bits per heavy atom. The first-order valence-corrected chi connectivity index (χ1v) is 7.96. The van der Waals surface area contributed by atoms with E-state index in [2.05, 4.69) is 15.4 Å². The molecule has 0 aromatic heterocycles. The van der Waals surface area contributed by atoms with E-state index in [1.54, 1.807) is 12.1 Å². The van der Waals surface area contributed by atoms with Gasteiger partial charge in [0.2, 0.25) is 11.8 Å². The molecule has 0 spiro atoms. The number of amides is 2. The Labute approximate surface area is 150 Å². The Balaban J connectivity index is 2.15. The first-order valence-electron chi connectivity index (χ1n) is 7.96. The third-order valence-corrected chi connectivity index (χ3v) is 3.76. The maximum absolute atomic E-state index is 14.0. The predicted molar refractivity (Wildman–Crippen MR) is 93.9 cm³/mol. The van der Waals surface area contributed by atoms with Gasteiger partial charge in [-0.15, -0.1) is 0 Å². The highest BCUT2D eigenvalue weighted by molar-refractivity contribution is 5.91. The number of benzene rings is 2. The Morgan fingerprint density at radius 3 is 2.35 bits per heavy atom. The van der Waals surface area contributed by atoms with Gasteiger partial charge in [-0.1, -0.05) is 29.8 Å². The van der Waals surface area contributed by atoms with Crippen LogP contribution in [0.15, 0.2) is 36.4 Å². The largest absolute Gasteiger partial charge is 0.494 e. The maximum atomic E-state index is 14.0. The van der Waals surface area contributed by atoms with Gasteiger partial charge in [0.25, 0.3) is 0 Å². The first-order chi connectivity index (χ1) is 12.3. The summed E-state index contributed by atoms with van der Waals surface area (Å²) in [6.07, 6.45) is -0.129. The third kappa shape index (κ3) is 5.02. The van der Waals surface area contributed by atoms with Crippen LogP contribution in [0.25, 0.3) is 0 Å². The van der Waals surface area contributed by atoms with Gasteiger partial charge in [-0.05, 0) is 12.5 Å². The van der Waals surface area contributed by atoms with Gasteiger partial charge in [0.05, 0.1) is 25.3 Å². The van der Waals surface area contributed by atoms with Gasteiger partial charge in [0.15, 0.2) is 17.4 Å². The lowest BCUT2D eigenvalue weighted by Gasteiger charge is -2.18. The molecule has 0 saturated carbocycles. The van der Waals surface area contributed by atoms with Crippen molar-refractivity contribution in [3.63, 3.8) is 0 Å². The number of aryl methyl sites for hydroxylation is 1. The fourth-order valence-corrected chi connectivity index (χ4v) is 2.46. The second-order valence-electron chi connectivity index (χ2n) is 5.88. The molecule has 0 aliphatic carbocycles. The van der Waals surface area contributed by atoms with Gasteiger partial charge in [-0.2, -0.15) is 0 Å². The first kappa shape index (κ1) is 19.4. The Morgan fingerprint density at radius 1 is 1.12 bits per heavy atom. The number of rotatable bonds is 6. The van der Waals surface area contributed by atoms with Crippen molar-refractivity contribution in [1.29, 1.82) is 0 Å². The molecule has 2 aromatic carbocycles. The number of halogens is 2. The van der Waals surface area contributed by atoms with Crippen molar-refractivity contribution in [2.75, 3.05) is 12.4 Å². The van der Waals surface area contributed by atoms with Crippen molar-refractivity contribution in [2.24, 2.45) is 0 Å². The number of ether oxygens (including phenoxy) is 1. The molecular weight excluding hydrogens is 342 g/mol. The van der Waals surface area contributed by atoms with E-state index in [1.807, 2.05) is 19.1 Å². The number of nitrogens with one attached hydrogen (secondary N) is 2. The fourth-order valence-electron chi connectivity index (χ4n) is 2.46. The van der Waals surface area contributed by atoms with Crippen LogP contribution in [0.3, 0.4) is 0 Å². The summed E-state index contributed by atoms with van der Waals surface area (Å²) in [5, 5.41) is 5.02. The topological polar surface area (TPSA) is 67.4 Å². The van der Waals surface area contributed by atoms with Crippen molar-refractivity contribution < 1.29 is 23.1 Å². The molecule has 26 heavy (non-hydrogen) atoms. The third-order valence-electron chi connectivity index (χ3n) is 3.76. The maximum Gasteiger partial charge on any atom is 0.226 e. The van der Waals surface area contributed by atoms with Gasteiger partial charge in [-0.25, -0.2) is 8.78 Å². The zero-order valence-corrected chi connectivity index (χ0v) is 14.7. The number of hydrogen-bond donors (Lipinski definition) is 2. The molecule has 0 aliphatic rings. The SMILES string of the molecule is COc1cc(F)c(NC(=O)CC(NC(C)=O)c2ccc(C)cc2)cc1F. The van der Waals surface area contributed by atoms with Crippen molar-refractivity contribution in [3.8, 4) is 5.75 Å². The Bertz CT molecular complexity index is 807. The summed E-state index contributed by atoms with van der Waals surface area (Å²) in [6, 6.07) is 8.45.